The molecule has 0 aromatic heterocycles. The van der Waals surface area contributed by atoms with Crippen LogP contribution in [0, 0.1) is 0 Å². The molecule has 0 N–H and O–H groups in total. The number of hydrogen-bond donors (Lipinski definition) is 0. The van der Waals surface area contributed by atoms with Crippen LogP contribution in [0.5, 0.6) is 0 Å². The molecule has 8 heavy (non-hydrogen) atoms. The SMILES string of the molecule is S=C([S-])C(=S)[S-].[Na+].[Na+]. The van der Waals surface area contributed by atoms with E-state index in [9.17, 15) is 0 Å². The molecular formula is C2Na2S4. The van der Waals surface area contributed by atoms with Gasteiger partial charge in [0.2, 0.25) is 0 Å². The topological polar surface area (TPSA) is 0 Å². The van der Waals surface area contributed by atoms with Crippen molar-refractivity contribution < 1.29 is 59.1 Å². The first-order chi connectivity index (χ1) is 2.64. The summed E-state index contributed by atoms with van der Waals surface area (Å²) in [5.41, 5.74) is 0. The van der Waals surface area contributed by atoms with E-state index in [0.29, 0.717) is 0 Å². The largest absolute Gasteiger partial charge is 1.00 e. The Hall–Kier alpha value is 2.62. The molecule has 0 unspecified atom stereocenters. The average molecular weight is 198 g/mol. The summed E-state index contributed by atoms with van der Waals surface area (Å²) in [5.74, 6) is 0. The molecule has 0 nitrogen and oxygen atoms in total. The van der Waals surface area contributed by atoms with Crippen LogP contribution < -0.4 is 59.1 Å². The summed E-state index contributed by atoms with van der Waals surface area (Å²) in [4.78, 5) is 0. The van der Waals surface area contributed by atoms with E-state index < -0.39 is 0 Å². The van der Waals surface area contributed by atoms with Gasteiger partial charge in [-0.3, -0.25) is 0 Å². The second-order valence-electron chi connectivity index (χ2n) is 0.575. The van der Waals surface area contributed by atoms with Crippen LogP contribution in [0.2, 0.25) is 0 Å². The smallest absolute Gasteiger partial charge is 0.430 e. The molecule has 0 aliphatic carbocycles. The van der Waals surface area contributed by atoms with Crippen molar-refractivity contribution in [3.8, 4) is 0 Å². The van der Waals surface area contributed by atoms with Crippen molar-refractivity contribution in [1.29, 1.82) is 0 Å². The third-order valence-electron chi connectivity index (χ3n) is 0.167. The van der Waals surface area contributed by atoms with Gasteiger partial charge in [0, 0.05) is 0 Å². The van der Waals surface area contributed by atoms with Gasteiger partial charge in [0.1, 0.15) is 0 Å². The van der Waals surface area contributed by atoms with E-state index in [0.717, 1.165) is 0 Å². The van der Waals surface area contributed by atoms with Crippen molar-refractivity contribution in [1.82, 2.24) is 0 Å². The Morgan fingerprint density at radius 1 is 0.875 bits per heavy atom. The van der Waals surface area contributed by atoms with Gasteiger partial charge in [0.15, 0.2) is 0 Å². The van der Waals surface area contributed by atoms with Gasteiger partial charge in [0.25, 0.3) is 0 Å². The van der Waals surface area contributed by atoms with Crippen molar-refractivity contribution in [3.63, 3.8) is 0 Å². The van der Waals surface area contributed by atoms with Gasteiger partial charge in [-0.1, -0.05) is 0 Å². The van der Waals surface area contributed by atoms with Crippen molar-refractivity contribution in [2.75, 3.05) is 0 Å². The van der Waals surface area contributed by atoms with E-state index in [1.54, 1.807) is 0 Å². The Bertz CT molecular complexity index is 78.0. The zero-order valence-corrected chi connectivity index (χ0v) is 11.9. The molecule has 34 valence electrons. The van der Waals surface area contributed by atoms with Gasteiger partial charge in [0.05, 0.1) is 0 Å². The first kappa shape index (κ1) is 16.9. The van der Waals surface area contributed by atoms with Crippen molar-refractivity contribution >= 4 is 58.1 Å². The van der Waals surface area contributed by atoms with Crippen molar-refractivity contribution in [2.45, 2.75) is 0 Å². The molecule has 0 rings (SSSR count). The molecule has 0 amide bonds. The number of rotatable bonds is 1. The summed E-state index contributed by atoms with van der Waals surface area (Å²) < 4.78 is 0.444. The number of thiocarbonyl (C=S) groups is 2. The summed E-state index contributed by atoms with van der Waals surface area (Å²) in [6.45, 7) is 0. The molecule has 0 heterocycles. The zero-order chi connectivity index (χ0) is 5.15. The fourth-order valence-corrected chi connectivity index (χ4v) is 0. The molecule has 0 saturated carbocycles. The molecule has 0 radical (unpaired) electrons. The molecule has 0 aromatic rings. The Balaban J connectivity index is -0.000000125. The minimum atomic E-state index is 0. The normalized spacial score (nSPS) is 5.50. The Kier molecular flexibility index (Phi) is 20.4. The van der Waals surface area contributed by atoms with Crippen LogP contribution in [-0.4, -0.2) is 8.39 Å². The Labute approximate surface area is 115 Å². The van der Waals surface area contributed by atoms with E-state index in [4.69, 9.17) is 0 Å². The van der Waals surface area contributed by atoms with Crippen LogP contribution in [-0.2, 0) is 25.3 Å². The second kappa shape index (κ2) is 9.62. The first-order valence-corrected chi connectivity index (χ1v) is 2.70. The molecule has 0 fully saturated rings. The average Bonchev–Trinajstić information content (AvgIpc) is 1.36. The summed E-state index contributed by atoms with van der Waals surface area (Å²) in [7, 11) is 0. The summed E-state index contributed by atoms with van der Waals surface area (Å²) in [5, 5.41) is 0. The molecule has 0 aliphatic heterocycles. The minimum absolute atomic E-state index is 0. The van der Waals surface area contributed by atoms with Gasteiger partial charge < -0.3 is 49.7 Å². The molecule has 0 aromatic carbocycles. The zero-order valence-electron chi connectivity index (χ0n) is 4.63. The third-order valence-corrected chi connectivity index (χ3v) is 1.50. The molecule has 0 bridgehead atoms. The minimum Gasteiger partial charge on any atom is -0.430 e. The first-order valence-electron chi connectivity index (χ1n) is 1.07. The van der Waals surface area contributed by atoms with E-state index >= 15 is 0 Å². The van der Waals surface area contributed by atoms with Gasteiger partial charge in [-0.25, -0.2) is 0 Å². The fraction of sp³-hybridized carbons (Fsp3) is 0. The molecule has 0 saturated heterocycles. The second-order valence-corrected chi connectivity index (χ2v) is 2.72. The third kappa shape index (κ3) is 11.4. The van der Waals surface area contributed by atoms with Crippen molar-refractivity contribution in [3.05, 3.63) is 0 Å². The van der Waals surface area contributed by atoms with Crippen LogP contribution in [0.15, 0.2) is 0 Å². The van der Waals surface area contributed by atoms with E-state index in [1.165, 1.54) is 0 Å². The molecule has 0 spiro atoms. The predicted octanol–water partition coefficient (Wildman–Crippen LogP) is -5.26. The predicted molar refractivity (Wildman–Crippen MR) is 39.9 cm³/mol. The van der Waals surface area contributed by atoms with Gasteiger partial charge in [-0.05, 0) is 0 Å². The van der Waals surface area contributed by atoms with Gasteiger partial charge >= 0.3 is 59.1 Å². The van der Waals surface area contributed by atoms with Crippen molar-refractivity contribution in [2.24, 2.45) is 0 Å². The molecule has 0 atom stereocenters. The Morgan fingerprint density at radius 3 is 1.00 bits per heavy atom. The van der Waals surface area contributed by atoms with E-state index in [-0.39, 0.29) is 67.5 Å². The fourth-order valence-electron chi connectivity index (χ4n) is 0. The van der Waals surface area contributed by atoms with Crippen LogP contribution in [0.3, 0.4) is 0 Å². The van der Waals surface area contributed by atoms with E-state index in [2.05, 4.69) is 49.7 Å². The van der Waals surface area contributed by atoms with Crippen LogP contribution in [0.1, 0.15) is 0 Å². The van der Waals surface area contributed by atoms with Gasteiger partial charge in [-0.15, -0.1) is 8.39 Å². The van der Waals surface area contributed by atoms with Crippen LogP contribution in [0.4, 0.5) is 0 Å². The van der Waals surface area contributed by atoms with Crippen LogP contribution >= 0.6 is 24.4 Å². The standard InChI is InChI=1S/C2H2S4.2Na/c3-1(4)2(5)6;;/h(H,3,4)(H,5,6);;/q;2*+1/p-2. The molecular weight excluding hydrogens is 198 g/mol. The maximum Gasteiger partial charge on any atom is 1.00 e. The Morgan fingerprint density at radius 2 is 1.00 bits per heavy atom. The quantitative estimate of drug-likeness (QED) is 0.234. The number of hydrogen-bond acceptors (Lipinski definition) is 4. The monoisotopic (exact) mass is 198 g/mol. The maximum absolute atomic E-state index is 4.39. The summed E-state index contributed by atoms with van der Waals surface area (Å²) in [6, 6.07) is 0. The van der Waals surface area contributed by atoms with E-state index in [1.807, 2.05) is 0 Å². The summed E-state index contributed by atoms with van der Waals surface area (Å²) >= 11 is 17.6. The van der Waals surface area contributed by atoms with Crippen LogP contribution in [0.25, 0.3) is 0 Å². The van der Waals surface area contributed by atoms with Gasteiger partial charge in [-0.2, -0.15) is 0 Å². The summed E-state index contributed by atoms with van der Waals surface area (Å²) in [6.07, 6.45) is 0. The maximum atomic E-state index is 4.39. The molecule has 6 heteroatoms. The molecule has 0 aliphatic rings.